The highest BCUT2D eigenvalue weighted by Gasteiger charge is 2.41. The van der Waals surface area contributed by atoms with Gasteiger partial charge in [0.05, 0.1) is 22.1 Å². The van der Waals surface area contributed by atoms with E-state index in [1.807, 2.05) is 57.2 Å². The van der Waals surface area contributed by atoms with Gasteiger partial charge >= 0.3 is 17.9 Å². The number of carbonyl (C=O) groups excluding carboxylic acids is 3. The minimum absolute atomic E-state index is 0.00532. The fourth-order valence-corrected chi connectivity index (χ4v) is 17.6. The zero-order valence-electron chi connectivity index (χ0n) is 80.9. The molecule has 0 spiro atoms. The molecule has 0 aliphatic carbocycles. The highest BCUT2D eigenvalue weighted by molar-refractivity contribution is 5.91. The molecular formula is C128H128O6. The second kappa shape index (κ2) is 45.7. The Morgan fingerprint density at radius 3 is 0.590 bits per heavy atom. The molecule has 0 unspecified atom stereocenters. The maximum absolute atomic E-state index is 12.5. The van der Waals surface area contributed by atoms with E-state index in [1.54, 1.807) is 54.6 Å². The molecule has 0 amide bonds. The van der Waals surface area contributed by atoms with E-state index in [9.17, 15) is 14.4 Å². The van der Waals surface area contributed by atoms with Crippen LogP contribution in [-0.4, -0.2) is 17.9 Å². The predicted molar refractivity (Wildman–Crippen MR) is 556 cm³/mol. The van der Waals surface area contributed by atoms with E-state index in [0.29, 0.717) is 33.4 Å². The Kier molecular flexibility index (Phi) is 33.1. The maximum atomic E-state index is 12.5. The highest BCUT2D eigenvalue weighted by atomic mass is 16.5. The van der Waals surface area contributed by atoms with Crippen LogP contribution in [0.3, 0.4) is 0 Å². The number of esters is 3. The van der Waals surface area contributed by atoms with Gasteiger partial charge in [0.1, 0.15) is 19.8 Å². The summed E-state index contributed by atoms with van der Waals surface area (Å²) in [4.78, 5) is 37.6. The van der Waals surface area contributed by atoms with Crippen LogP contribution in [0.15, 0.2) is 389 Å². The predicted octanol–water partition coefficient (Wildman–Crippen LogP) is 30.8. The Bertz CT molecular complexity index is 6020. The molecular weight excluding hydrogens is 1630 g/mol. The van der Waals surface area contributed by atoms with Crippen LogP contribution in [0, 0.1) is 104 Å². The lowest BCUT2D eigenvalue weighted by Gasteiger charge is -2.38. The normalized spacial score (nSPS) is 11.2. The van der Waals surface area contributed by atoms with Crippen LogP contribution in [0.4, 0.5) is 0 Å². The average molecular weight is 1760 g/mol. The number of benzene rings is 16. The molecule has 6 heteroatoms. The van der Waals surface area contributed by atoms with Crippen LogP contribution in [0.5, 0.6) is 0 Å². The molecule has 0 saturated heterocycles. The first kappa shape index (κ1) is 97.2. The van der Waals surface area contributed by atoms with Gasteiger partial charge in [0.2, 0.25) is 0 Å². The van der Waals surface area contributed by atoms with E-state index in [0.717, 1.165) is 66.4 Å². The third kappa shape index (κ3) is 25.9. The lowest BCUT2D eigenvalue weighted by molar-refractivity contribution is 0.0471. The summed E-state index contributed by atoms with van der Waals surface area (Å²) >= 11 is 0. The monoisotopic (exact) mass is 1760 g/mol. The number of rotatable bonds is 28. The molecule has 0 saturated carbocycles. The Morgan fingerprint density at radius 1 is 0.201 bits per heavy atom. The van der Waals surface area contributed by atoms with Crippen LogP contribution in [0.2, 0.25) is 0 Å². The van der Waals surface area contributed by atoms with Gasteiger partial charge in [0.15, 0.2) is 0 Å². The van der Waals surface area contributed by atoms with Gasteiger partial charge in [-0.05, 0) is 286 Å². The number of hydrogen-bond acceptors (Lipinski definition) is 6. The summed E-state index contributed by atoms with van der Waals surface area (Å²) in [6, 6.07) is 135. The molecule has 16 aromatic rings. The minimum Gasteiger partial charge on any atom is -0.457 e. The van der Waals surface area contributed by atoms with Gasteiger partial charge in [0, 0.05) is 10.8 Å². The van der Waals surface area contributed by atoms with Crippen LogP contribution < -0.4 is 0 Å². The van der Waals surface area contributed by atoms with Crippen LogP contribution in [0.25, 0.3) is 5.57 Å². The van der Waals surface area contributed by atoms with Crippen molar-refractivity contribution in [3.63, 3.8) is 0 Å². The average Bonchev–Trinajstić information content (AvgIpc) is 0.726. The molecule has 0 radical (unpaired) electrons. The van der Waals surface area contributed by atoms with Gasteiger partial charge in [-0.25, -0.2) is 14.4 Å². The molecule has 0 aliphatic rings. The second-order valence-electron chi connectivity index (χ2n) is 37.1. The summed E-state index contributed by atoms with van der Waals surface area (Å²) in [7, 11) is 0. The van der Waals surface area contributed by atoms with Crippen LogP contribution >= 0.6 is 0 Å². The molecule has 676 valence electrons. The van der Waals surface area contributed by atoms with Crippen molar-refractivity contribution in [2.24, 2.45) is 0 Å². The van der Waals surface area contributed by atoms with Crippen molar-refractivity contribution >= 4 is 23.5 Å². The minimum atomic E-state index is -0.482. The number of carbonyl (C=O) groups is 3. The third-order valence-corrected chi connectivity index (χ3v) is 26.0. The summed E-state index contributed by atoms with van der Waals surface area (Å²) in [5.74, 6) is -1.34. The summed E-state index contributed by atoms with van der Waals surface area (Å²) < 4.78 is 16.6. The SMILES string of the molecule is C=C(c1ccc(C)cc1)C(c1ccc(C)cc1)(c1ccc(C)cc1)c1ccc(C)cc1.Cc1ccc(C(=O)OCc2cc(COC(=O)c3ccc(C)cc3)cc(COC(=O)c3ccc(C)cc3)c2)cc1.Cc1ccc(CC(Cc2ccc(C)cc2)(c2ccc(C)cc2)c2ccc(C)cc2)cc1.Cc1ccc(CCC(CCc2ccc(C)cc2)(c2ccc(C)cc2)c2ccc(C)cc2)cc1. The molecule has 0 aliphatic heterocycles. The van der Waals surface area contributed by atoms with E-state index in [2.05, 4.69) is 374 Å². The van der Waals surface area contributed by atoms with Crippen molar-refractivity contribution in [2.45, 2.75) is 178 Å². The van der Waals surface area contributed by atoms with Gasteiger partial charge in [-0.3, -0.25) is 0 Å². The van der Waals surface area contributed by atoms with Gasteiger partial charge in [0.25, 0.3) is 0 Å². The molecule has 0 bridgehead atoms. The first-order chi connectivity index (χ1) is 64.6. The van der Waals surface area contributed by atoms with Crippen molar-refractivity contribution in [1.29, 1.82) is 0 Å². The van der Waals surface area contributed by atoms with Crippen LogP contribution in [0.1, 0.15) is 211 Å². The Balaban J connectivity index is 0.000000152. The van der Waals surface area contributed by atoms with E-state index < -0.39 is 23.3 Å². The van der Waals surface area contributed by atoms with Crippen molar-refractivity contribution in [3.8, 4) is 0 Å². The fraction of sp³-hybridized carbons (Fsp3) is 0.211. The van der Waals surface area contributed by atoms with Gasteiger partial charge in [-0.15, -0.1) is 0 Å². The number of ether oxygens (including phenoxy) is 3. The van der Waals surface area contributed by atoms with E-state index >= 15 is 0 Å². The first-order valence-corrected chi connectivity index (χ1v) is 46.9. The zero-order valence-corrected chi connectivity index (χ0v) is 80.9. The maximum Gasteiger partial charge on any atom is 0.338 e. The Hall–Kier alpha value is -14.3. The largest absolute Gasteiger partial charge is 0.457 e. The van der Waals surface area contributed by atoms with Crippen molar-refractivity contribution in [3.05, 3.63) is 572 Å². The Labute approximate surface area is 797 Å². The van der Waals surface area contributed by atoms with Gasteiger partial charge in [-0.2, -0.15) is 0 Å². The Morgan fingerprint density at radius 2 is 0.373 bits per heavy atom. The lowest BCUT2D eigenvalue weighted by atomic mass is 9.63. The molecule has 134 heavy (non-hydrogen) atoms. The third-order valence-electron chi connectivity index (χ3n) is 26.0. The van der Waals surface area contributed by atoms with Gasteiger partial charge < -0.3 is 14.2 Å². The van der Waals surface area contributed by atoms with Gasteiger partial charge in [-0.1, -0.05) is 418 Å². The quantitative estimate of drug-likeness (QED) is 0.0276. The molecule has 6 nitrogen and oxygen atoms in total. The smallest absolute Gasteiger partial charge is 0.338 e. The topological polar surface area (TPSA) is 78.9 Å². The van der Waals surface area contributed by atoms with E-state index in [-0.39, 0.29) is 30.7 Å². The molecule has 0 fully saturated rings. The lowest BCUT2D eigenvalue weighted by Crippen LogP contribution is -2.33. The molecule has 0 N–H and O–H groups in total. The van der Waals surface area contributed by atoms with Crippen molar-refractivity contribution < 1.29 is 28.6 Å². The van der Waals surface area contributed by atoms with Crippen LogP contribution in [-0.2, 0) is 76.0 Å². The van der Waals surface area contributed by atoms with Crippen molar-refractivity contribution in [1.82, 2.24) is 0 Å². The standard InChI is InChI=1S/C33H30O6.C33H36.C31H30.C31H32/c1-22-4-10-28(11-5-22)31(34)37-19-25-16-26(20-38-32(35)29-12-6-23(2)7-13-29)18-27(17-25)21-39-33(36)30-14-8-24(3)9-15-30;1-25-5-13-29(14-6-25)21-23-33(31-17-9-27(3)10-18-31,32-19-11-28(4)12-20-32)24-22-30-15-7-26(2)8-16-30;1-22-6-14-27(15-7-22)26(5)31(28-16-8-23(2)9-17-28,29-18-10-24(3)11-19-29)30-20-12-25(4)13-21-30;1-23-5-13-27(14-6-23)21-31(29-17-9-25(3)10-18-29,30-19-11-26(4)12-20-30)22-28-15-7-24(2)8-16-28/h4-18H,19-21H2,1-3H3;5-20H,21-24H2,1-4H3;6-21H,5H2,1-4H3;5-20H,21-22H2,1-4H3. The fourth-order valence-electron chi connectivity index (χ4n) is 17.6. The summed E-state index contributed by atoms with van der Waals surface area (Å²) in [6.45, 7) is 36.4. The number of hydrogen-bond donors (Lipinski definition) is 0. The first-order valence-electron chi connectivity index (χ1n) is 46.9. The number of aryl methyl sites for hydroxylation is 17. The molecule has 16 aromatic carbocycles. The van der Waals surface area contributed by atoms with E-state index in [4.69, 9.17) is 20.8 Å². The van der Waals surface area contributed by atoms with E-state index in [1.165, 1.54) is 128 Å². The zero-order chi connectivity index (χ0) is 94.9. The van der Waals surface area contributed by atoms with Crippen molar-refractivity contribution in [2.75, 3.05) is 0 Å². The highest BCUT2D eigenvalue weighted by Crippen LogP contribution is 2.50. The molecule has 0 atom stereocenters. The molecule has 0 heterocycles. The number of allylic oxidation sites excluding steroid dienone is 1. The molecule has 0 aromatic heterocycles. The summed E-state index contributed by atoms with van der Waals surface area (Å²) in [6.07, 6.45) is 6.24. The summed E-state index contributed by atoms with van der Waals surface area (Å²) in [5, 5.41) is 0. The second-order valence-corrected chi connectivity index (χ2v) is 37.1. The molecule has 16 rings (SSSR count). The summed E-state index contributed by atoms with van der Waals surface area (Å²) in [5.41, 5.74) is 38.5.